The van der Waals surface area contributed by atoms with E-state index in [9.17, 15) is 4.79 Å². The highest BCUT2D eigenvalue weighted by atomic mass is 16.5. The van der Waals surface area contributed by atoms with Gasteiger partial charge in [-0.1, -0.05) is 13.8 Å². The largest absolute Gasteiger partial charge is 0.449 e. The number of amides is 1. The number of carbonyl (C=O) groups excluding carboxylic acids is 1. The van der Waals surface area contributed by atoms with Crippen LogP contribution in [0, 0.1) is 17.8 Å². The van der Waals surface area contributed by atoms with Gasteiger partial charge in [-0.15, -0.1) is 0 Å². The quantitative estimate of drug-likeness (QED) is 0.727. The van der Waals surface area contributed by atoms with Crippen molar-refractivity contribution in [2.24, 2.45) is 17.8 Å². The van der Waals surface area contributed by atoms with Crippen molar-refractivity contribution in [2.45, 2.75) is 27.2 Å². The third-order valence-corrected chi connectivity index (χ3v) is 2.58. The summed E-state index contributed by atoms with van der Waals surface area (Å²) in [5, 5.41) is 2.61. The first-order valence-electron chi connectivity index (χ1n) is 5.05. The summed E-state index contributed by atoms with van der Waals surface area (Å²) in [6.45, 7) is 7.55. The number of hydrogen-bond donors (Lipinski definition) is 1. The van der Waals surface area contributed by atoms with Gasteiger partial charge in [0, 0.05) is 6.54 Å². The summed E-state index contributed by atoms with van der Waals surface area (Å²) < 4.78 is 5.04. The third-order valence-electron chi connectivity index (χ3n) is 2.58. The Labute approximate surface area is 79.8 Å². The van der Waals surface area contributed by atoms with Crippen LogP contribution < -0.4 is 5.32 Å². The summed E-state index contributed by atoms with van der Waals surface area (Å²) in [5.74, 6) is 2.11. The van der Waals surface area contributed by atoms with Gasteiger partial charge in [-0.3, -0.25) is 0 Å². The first-order valence-corrected chi connectivity index (χ1v) is 5.05. The van der Waals surface area contributed by atoms with Gasteiger partial charge in [-0.2, -0.15) is 0 Å². The van der Waals surface area contributed by atoms with Gasteiger partial charge in [0.1, 0.15) is 0 Å². The molecule has 0 radical (unpaired) electrons. The monoisotopic (exact) mass is 185 g/mol. The van der Waals surface area contributed by atoms with E-state index in [4.69, 9.17) is 4.74 Å². The number of rotatable bonds is 4. The van der Waals surface area contributed by atoms with Crippen LogP contribution in [0.2, 0.25) is 0 Å². The molecule has 0 aromatic carbocycles. The SMILES string of the molecule is CCNC(=O)OC[C@H]1C[C@H]1C(C)C. The number of carbonyl (C=O) groups is 1. The molecule has 13 heavy (non-hydrogen) atoms. The molecule has 3 heteroatoms. The molecule has 2 atom stereocenters. The van der Waals surface area contributed by atoms with E-state index in [0.717, 1.165) is 11.8 Å². The maximum absolute atomic E-state index is 10.9. The van der Waals surface area contributed by atoms with Crippen LogP contribution in [0.5, 0.6) is 0 Å². The van der Waals surface area contributed by atoms with Gasteiger partial charge in [0.25, 0.3) is 0 Å². The molecule has 1 N–H and O–H groups in total. The fourth-order valence-corrected chi connectivity index (χ4v) is 1.66. The molecule has 1 saturated carbocycles. The Bertz CT molecular complexity index is 180. The summed E-state index contributed by atoms with van der Waals surface area (Å²) in [5.41, 5.74) is 0. The summed E-state index contributed by atoms with van der Waals surface area (Å²) in [6, 6.07) is 0. The van der Waals surface area contributed by atoms with E-state index in [0.29, 0.717) is 19.1 Å². The lowest BCUT2D eigenvalue weighted by Crippen LogP contribution is -2.24. The van der Waals surface area contributed by atoms with E-state index in [2.05, 4.69) is 19.2 Å². The number of ether oxygens (including phenoxy) is 1. The minimum atomic E-state index is -0.281. The average Bonchev–Trinajstić information content (AvgIpc) is 2.80. The second kappa shape index (κ2) is 4.49. The molecular formula is C10H19NO2. The topological polar surface area (TPSA) is 38.3 Å². The van der Waals surface area contributed by atoms with Crippen molar-refractivity contribution in [1.82, 2.24) is 5.32 Å². The van der Waals surface area contributed by atoms with Crippen LogP contribution in [0.1, 0.15) is 27.2 Å². The Hall–Kier alpha value is -0.730. The molecule has 1 fully saturated rings. The summed E-state index contributed by atoms with van der Waals surface area (Å²) >= 11 is 0. The van der Waals surface area contributed by atoms with Gasteiger partial charge in [0.05, 0.1) is 6.61 Å². The Balaban J connectivity index is 2.05. The van der Waals surface area contributed by atoms with E-state index in [1.807, 2.05) is 6.92 Å². The maximum Gasteiger partial charge on any atom is 0.407 e. The molecule has 3 nitrogen and oxygen atoms in total. The molecule has 1 aliphatic rings. The van der Waals surface area contributed by atoms with Crippen molar-refractivity contribution in [2.75, 3.05) is 13.2 Å². The molecule has 0 saturated heterocycles. The fraction of sp³-hybridized carbons (Fsp3) is 0.900. The van der Waals surface area contributed by atoms with E-state index < -0.39 is 0 Å². The van der Waals surface area contributed by atoms with Crippen molar-refractivity contribution in [1.29, 1.82) is 0 Å². The molecule has 0 unspecified atom stereocenters. The van der Waals surface area contributed by atoms with Crippen molar-refractivity contribution in [3.05, 3.63) is 0 Å². The second-order valence-corrected chi connectivity index (χ2v) is 4.03. The average molecular weight is 185 g/mol. The van der Waals surface area contributed by atoms with Crippen LogP contribution in [-0.2, 0) is 4.74 Å². The Morgan fingerprint density at radius 2 is 2.31 bits per heavy atom. The van der Waals surface area contributed by atoms with Crippen molar-refractivity contribution < 1.29 is 9.53 Å². The van der Waals surface area contributed by atoms with Gasteiger partial charge in [-0.25, -0.2) is 4.79 Å². The highest BCUT2D eigenvalue weighted by molar-refractivity contribution is 5.66. The molecule has 0 bridgehead atoms. The summed E-state index contributed by atoms with van der Waals surface area (Å²) in [6.07, 6.45) is 0.939. The molecular weight excluding hydrogens is 166 g/mol. The zero-order chi connectivity index (χ0) is 9.84. The van der Waals surface area contributed by atoms with E-state index >= 15 is 0 Å². The normalized spacial score (nSPS) is 25.8. The van der Waals surface area contributed by atoms with E-state index in [-0.39, 0.29) is 6.09 Å². The van der Waals surface area contributed by atoms with Crippen molar-refractivity contribution in [3.63, 3.8) is 0 Å². The maximum atomic E-state index is 10.9. The molecule has 1 amide bonds. The van der Waals surface area contributed by atoms with Crippen LogP contribution in [0.25, 0.3) is 0 Å². The van der Waals surface area contributed by atoms with E-state index in [1.54, 1.807) is 0 Å². The van der Waals surface area contributed by atoms with Gasteiger partial charge < -0.3 is 10.1 Å². The van der Waals surface area contributed by atoms with Crippen molar-refractivity contribution in [3.8, 4) is 0 Å². The van der Waals surface area contributed by atoms with Crippen LogP contribution in [0.15, 0.2) is 0 Å². The predicted molar refractivity (Wildman–Crippen MR) is 51.5 cm³/mol. The molecule has 0 spiro atoms. The molecule has 0 heterocycles. The lowest BCUT2D eigenvalue weighted by molar-refractivity contribution is 0.138. The molecule has 76 valence electrons. The summed E-state index contributed by atoms with van der Waals surface area (Å²) in [4.78, 5) is 10.9. The first kappa shape index (κ1) is 10.4. The zero-order valence-corrected chi connectivity index (χ0v) is 8.67. The molecule has 0 aromatic rings. The van der Waals surface area contributed by atoms with Crippen molar-refractivity contribution >= 4 is 6.09 Å². The molecule has 0 aromatic heterocycles. The van der Waals surface area contributed by atoms with E-state index in [1.165, 1.54) is 6.42 Å². The Morgan fingerprint density at radius 1 is 1.62 bits per heavy atom. The lowest BCUT2D eigenvalue weighted by Gasteiger charge is -2.05. The Kier molecular flexibility index (Phi) is 3.58. The lowest BCUT2D eigenvalue weighted by atomic mass is 10.1. The highest BCUT2D eigenvalue weighted by Gasteiger charge is 2.39. The number of nitrogens with one attached hydrogen (secondary N) is 1. The smallest absolute Gasteiger partial charge is 0.407 e. The minimum absolute atomic E-state index is 0.281. The number of alkyl carbamates (subject to hydrolysis) is 1. The van der Waals surface area contributed by atoms with Crippen LogP contribution >= 0.6 is 0 Å². The van der Waals surface area contributed by atoms with Crippen LogP contribution in [-0.4, -0.2) is 19.2 Å². The fourth-order valence-electron chi connectivity index (χ4n) is 1.66. The van der Waals surface area contributed by atoms with Gasteiger partial charge >= 0.3 is 6.09 Å². The van der Waals surface area contributed by atoms with Gasteiger partial charge in [0.2, 0.25) is 0 Å². The standard InChI is InChI=1S/C10H19NO2/c1-4-11-10(12)13-6-8-5-9(8)7(2)3/h7-9H,4-6H2,1-3H3,(H,11,12)/t8-,9+/m1/s1. The second-order valence-electron chi connectivity index (χ2n) is 4.03. The Morgan fingerprint density at radius 3 is 2.77 bits per heavy atom. The van der Waals surface area contributed by atoms with Gasteiger partial charge in [-0.05, 0) is 31.1 Å². The van der Waals surface area contributed by atoms with Gasteiger partial charge in [0.15, 0.2) is 0 Å². The number of hydrogen-bond acceptors (Lipinski definition) is 2. The third kappa shape index (κ3) is 3.25. The zero-order valence-electron chi connectivity index (χ0n) is 8.67. The minimum Gasteiger partial charge on any atom is -0.449 e. The molecule has 0 aliphatic heterocycles. The highest BCUT2D eigenvalue weighted by Crippen LogP contribution is 2.44. The molecule has 1 aliphatic carbocycles. The van der Waals surface area contributed by atoms with Crippen LogP contribution in [0.3, 0.4) is 0 Å². The van der Waals surface area contributed by atoms with Crippen LogP contribution in [0.4, 0.5) is 4.79 Å². The predicted octanol–water partition coefficient (Wildman–Crippen LogP) is 2.02. The first-order chi connectivity index (χ1) is 6.15. The molecule has 1 rings (SSSR count). The summed E-state index contributed by atoms with van der Waals surface area (Å²) in [7, 11) is 0.